The molecule has 0 saturated carbocycles. The van der Waals surface area contributed by atoms with E-state index in [1.165, 1.54) is 0 Å². The number of ether oxygens (including phenoxy) is 1. The molecule has 6 heteroatoms. The first-order chi connectivity index (χ1) is 12.1. The van der Waals surface area contributed by atoms with Gasteiger partial charge in [0.05, 0.1) is 6.10 Å². The standard InChI is InChI=1S/C19H24BrClN2O2/c1-14(24)11-22-8-9-23-12-16-10-17(20)6-7-19(16)25-13-15-4-2-3-5-18(15)21/h2-7,10,14,22-24H,8-9,11-13H2,1H3. The fourth-order valence-corrected chi connectivity index (χ4v) is 2.91. The van der Waals surface area contributed by atoms with Crippen molar-refractivity contribution in [3.05, 3.63) is 63.1 Å². The highest BCUT2D eigenvalue weighted by atomic mass is 79.9. The summed E-state index contributed by atoms with van der Waals surface area (Å²) in [7, 11) is 0. The van der Waals surface area contributed by atoms with Gasteiger partial charge in [0.2, 0.25) is 0 Å². The molecule has 0 aliphatic heterocycles. The van der Waals surface area contributed by atoms with Gasteiger partial charge in [-0.15, -0.1) is 0 Å². The van der Waals surface area contributed by atoms with Crippen molar-refractivity contribution in [2.24, 2.45) is 0 Å². The third-order valence-corrected chi connectivity index (χ3v) is 4.46. The molecule has 0 fully saturated rings. The van der Waals surface area contributed by atoms with Gasteiger partial charge in [0.15, 0.2) is 0 Å². The summed E-state index contributed by atoms with van der Waals surface area (Å²) in [5.74, 6) is 0.840. The van der Waals surface area contributed by atoms with Gasteiger partial charge in [0, 0.05) is 46.8 Å². The van der Waals surface area contributed by atoms with E-state index in [1.54, 1.807) is 6.92 Å². The van der Waals surface area contributed by atoms with Crippen molar-refractivity contribution in [3.8, 4) is 5.75 Å². The van der Waals surface area contributed by atoms with Crippen LogP contribution >= 0.6 is 27.5 Å². The molecule has 25 heavy (non-hydrogen) atoms. The number of rotatable bonds is 10. The minimum atomic E-state index is -0.324. The van der Waals surface area contributed by atoms with Gasteiger partial charge in [-0.25, -0.2) is 0 Å². The van der Waals surface area contributed by atoms with Crippen molar-refractivity contribution in [1.82, 2.24) is 10.6 Å². The summed E-state index contributed by atoms with van der Waals surface area (Å²) in [6, 6.07) is 13.7. The highest BCUT2D eigenvalue weighted by Gasteiger charge is 2.07. The van der Waals surface area contributed by atoms with E-state index in [0.29, 0.717) is 24.7 Å². The molecular weight excluding hydrogens is 404 g/mol. The largest absolute Gasteiger partial charge is 0.489 e. The summed E-state index contributed by atoms with van der Waals surface area (Å²) >= 11 is 9.69. The molecule has 2 aromatic rings. The number of hydrogen-bond donors (Lipinski definition) is 3. The molecule has 2 aromatic carbocycles. The molecule has 2 rings (SSSR count). The molecule has 1 unspecified atom stereocenters. The summed E-state index contributed by atoms with van der Waals surface area (Å²) in [5.41, 5.74) is 2.05. The normalized spacial score (nSPS) is 12.2. The molecule has 4 nitrogen and oxygen atoms in total. The van der Waals surface area contributed by atoms with E-state index in [1.807, 2.05) is 36.4 Å². The molecule has 0 aromatic heterocycles. The number of aliphatic hydroxyl groups is 1. The van der Waals surface area contributed by atoms with Crippen LogP contribution in [0.25, 0.3) is 0 Å². The summed E-state index contributed by atoms with van der Waals surface area (Å²) in [6.07, 6.45) is -0.324. The minimum Gasteiger partial charge on any atom is -0.489 e. The van der Waals surface area contributed by atoms with E-state index in [0.717, 1.165) is 34.4 Å². The second-order valence-electron chi connectivity index (χ2n) is 5.86. The zero-order valence-corrected chi connectivity index (χ0v) is 16.6. The maximum atomic E-state index is 9.21. The zero-order valence-electron chi connectivity index (χ0n) is 14.3. The lowest BCUT2D eigenvalue weighted by molar-refractivity contribution is 0.191. The SMILES string of the molecule is CC(O)CNCCNCc1cc(Br)ccc1OCc1ccccc1Cl. The first-order valence-electron chi connectivity index (χ1n) is 8.30. The van der Waals surface area contributed by atoms with Crippen LogP contribution in [-0.2, 0) is 13.2 Å². The molecular formula is C19H24BrClN2O2. The fraction of sp³-hybridized carbons (Fsp3) is 0.368. The van der Waals surface area contributed by atoms with Crippen molar-refractivity contribution in [2.75, 3.05) is 19.6 Å². The molecule has 0 aliphatic carbocycles. The van der Waals surface area contributed by atoms with Gasteiger partial charge < -0.3 is 20.5 Å². The number of halogens is 2. The number of hydrogen-bond acceptors (Lipinski definition) is 4. The van der Waals surface area contributed by atoms with Crippen LogP contribution in [-0.4, -0.2) is 30.8 Å². The Bertz CT molecular complexity index is 668. The lowest BCUT2D eigenvalue weighted by Crippen LogP contribution is -2.31. The van der Waals surface area contributed by atoms with Gasteiger partial charge in [0.25, 0.3) is 0 Å². The van der Waals surface area contributed by atoms with Crippen LogP contribution in [0.4, 0.5) is 0 Å². The third kappa shape index (κ3) is 7.34. The van der Waals surface area contributed by atoms with Gasteiger partial charge in [0.1, 0.15) is 12.4 Å². The average Bonchev–Trinajstić information content (AvgIpc) is 2.58. The first kappa shape index (κ1) is 20.2. The number of nitrogens with one attached hydrogen (secondary N) is 2. The Morgan fingerprint density at radius 3 is 2.64 bits per heavy atom. The minimum absolute atomic E-state index is 0.324. The van der Waals surface area contributed by atoms with E-state index < -0.39 is 0 Å². The fourth-order valence-electron chi connectivity index (χ4n) is 2.31. The van der Waals surface area contributed by atoms with Crippen molar-refractivity contribution >= 4 is 27.5 Å². The van der Waals surface area contributed by atoms with Gasteiger partial charge in [-0.05, 0) is 31.2 Å². The summed E-state index contributed by atoms with van der Waals surface area (Å²) in [6.45, 7) is 5.12. The Hall–Kier alpha value is -1.11. The Kier molecular flexibility index (Phi) is 8.72. The number of aliphatic hydroxyl groups excluding tert-OH is 1. The lowest BCUT2D eigenvalue weighted by atomic mass is 10.2. The van der Waals surface area contributed by atoms with E-state index in [4.69, 9.17) is 16.3 Å². The molecule has 0 bridgehead atoms. The quantitative estimate of drug-likeness (QED) is 0.506. The van der Waals surface area contributed by atoms with E-state index >= 15 is 0 Å². The Balaban J connectivity index is 1.87. The van der Waals surface area contributed by atoms with Crippen LogP contribution in [0.2, 0.25) is 5.02 Å². The summed E-state index contributed by atoms with van der Waals surface area (Å²) < 4.78 is 6.99. The predicted octanol–water partition coefficient (Wildman–Crippen LogP) is 3.74. The highest BCUT2D eigenvalue weighted by molar-refractivity contribution is 9.10. The Labute approximate surface area is 162 Å². The first-order valence-corrected chi connectivity index (χ1v) is 9.47. The van der Waals surface area contributed by atoms with Crippen LogP contribution in [0.1, 0.15) is 18.1 Å². The Morgan fingerprint density at radius 2 is 1.88 bits per heavy atom. The van der Waals surface area contributed by atoms with E-state index in [2.05, 4.69) is 32.6 Å². The van der Waals surface area contributed by atoms with Crippen molar-refractivity contribution in [1.29, 1.82) is 0 Å². The summed E-state index contributed by atoms with van der Waals surface area (Å²) in [4.78, 5) is 0. The van der Waals surface area contributed by atoms with E-state index in [-0.39, 0.29) is 6.10 Å². The van der Waals surface area contributed by atoms with Gasteiger partial charge in [-0.1, -0.05) is 45.7 Å². The Morgan fingerprint density at radius 1 is 1.12 bits per heavy atom. The second kappa shape index (κ2) is 10.8. The van der Waals surface area contributed by atoms with Crippen molar-refractivity contribution in [3.63, 3.8) is 0 Å². The van der Waals surface area contributed by atoms with Crippen LogP contribution in [0.15, 0.2) is 46.9 Å². The van der Waals surface area contributed by atoms with E-state index in [9.17, 15) is 5.11 Å². The molecule has 0 spiro atoms. The summed E-state index contributed by atoms with van der Waals surface area (Å²) in [5, 5.41) is 16.5. The second-order valence-corrected chi connectivity index (χ2v) is 7.18. The van der Waals surface area contributed by atoms with Crippen LogP contribution < -0.4 is 15.4 Å². The third-order valence-electron chi connectivity index (χ3n) is 3.60. The predicted molar refractivity (Wildman–Crippen MR) is 106 cm³/mol. The smallest absolute Gasteiger partial charge is 0.124 e. The molecule has 0 saturated heterocycles. The maximum absolute atomic E-state index is 9.21. The molecule has 0 amide bonds. The molecule has 0 radical (unpaired) electrons. The monoisotopic (exact) mass is 426 g/mol. The van der Waals surface area contributed by atoms with Gasteiger partial charge in [-0.2, -0.15) is 0 Å². The molecule has 3 N–H and O–H groups in total. The topological polar surface area (TPSA) is 53.5 Å². The number of benzene rings is 2. The molecule has 1 atom stereocenters. The average molecular weight is 428 g/mol. The van der Waals surface area contributed by atoms with Gasteiger partial charge in [-0.3, -0.25) is 0 Å². The lowest BCUT2D eigenvalue weighted by Gasteiger charge is -2.14. The van der Waals surface area contributed by atoms with Crippen LogP contribution in [0.5, 0.6) is 5.75 Å². The molecule has 0 heterocycles. The van der Waals surface area contributed by atoms with Crippen molar-refractivity contribution < 1.29 is 9.84 Å². The van der Waals surface area contributed by atoms with Crippen LogP contribution in [0.3, 0.4) is 0 Å². The maximum Gasteiger partial charge on any atom is 0.124 e. The van der Waals surface area contributed by atoms with Crippen molar-refractivity contribution in [2.45, 2.75) is 26.2 Å². The van der Waals surface area contributed by atoms with Crippen LogP contribution in [0, 0.1) is 0 Å². The highest BCUT2D eigenvalue weighted by Crippen LogP contribution is 2.25. The molecule has 136 valence electrons. The van der Waals surface area contributed by atoms with Gasteiger partial charge >= 0.3 is 0 Å². The molecule has 0 aliphatic rings. The zero-order chi connectivity index (χ0) is 18.1.